The standard InChI is InChI=1S/C28H37F/c1-3-5-20-7-10-22(11-8-20)23-12-14-24(15-13-23)26-18-16-25-19-21(6-4-2)9-17-27(25)28(26)29/h3,5,9,16-20,22-24H,4,6-8,10-15H2,1-2H3/b5-3+. The van der Waals surface area contributed by atoms with Crippen molar-refractivity contribution >= 4 is 10.8 Å². The van der Waals surface area contributed by atoms with Gasteiger partial charge in [-0.2, -0.15) is 0 Å². The quantitative estimate of drug-likeness (QED) is 0.447. The highest BCUT2D eigenvalue weighted by atomic mass is 19.1. The molecular weight excluding hydrogens is 355 g/mol. The third kappa shape index (κ3) is 4.60. The molecule has 0 bridgehead atoms. The normalized spacial score (nSPS) is 28.2. The molecule has 0 aromatic heterocycles. The lowest BCUT2D eigenvalue weighted by atomic mass is 9.68. The first-order valence-electron chi connectivity index (χ1n) is 12.0. The molecule has 0 amide bonds. The molecule has 2 aromatic carbocycles. The number of fused-ring (bicyclic) bond motifs is 1. The van der Waals surface area contributed by atoms with Crippen LogP contribution in [0.1, 0.15) is 88.7 Å². The summed E-state index contributed by atoms with van der Waals surface area (Å²) < 4.78 is 15.3. The van der Waals surface area contributed by atoms with E-state index in [1.807, 2.05) is 6.07 Å². The van der Waals surface area contributed by atoms with Crippen molar-refractivity contribution in [2.75, 3.05) is 0 Å². The molecule has 2 aliphatic rings. The van der Waals surface area contributed by atoms with Gasteiger partial charge < -0.3 is 0 Å². The summed E-state index contributed by atoms with van der Waals surface area (Å²) in [4.78, 5) is 0. The number of hydrogen-bond acceptors (Lipinski definition) is 0. The zero-order valence-electron chi connectivity index (χ0n) is 18.3. The molecular formula is C28H37F. The molecule has 0 nitrogen and oxygen atoms in total. The number of allylic oxidation sites excluding steroid dienone is 2. The van der Waals surface area contributed by atoms with Gasteiger partial charge in [-0.15, -0.1) is 0 Å². The minimum atomic E-state index is 0.0425. The van der Waals surface area contributed by atoms with Crippen LogP contribution < -0.4 is 0 Å². The molecule has 0 spiro atoms. The maximum Gasteiger partial charge on any atom is 0.134 e. The number of aryl methyl sites for hydroxylation is 1. The van der Waals surface area contributed by atoms with Crippen LogP contribution in [0.25, 0.3) is 10.8 Å². The van der Waals surface area contributed by atoms with E-state index in [4.69, 9.17) is 0 Å². The van der Waals surface area contributed by atoms with E-state index in [1.165, 1.54) is 44.1 Å². The van der Waals surface area contributed by atoms with Crippen LogP contribution in [0.15, 0.2) is 42.5 Å². The first kappa shape index (κ1) is 20.6. The number of benzene rings is 2. The maximum atomic E-state index is 15.3. The molecule has 1 heteroatoms. The van der Waals surface area contributed by atoms with Crippen molar-refractivity contribution < 1.29 is 4.39 Å². The minimum absolute atomic E-state index is 0.0425. The molecule has 0 N–H and O–H groups in total. The Morgan fingerprint density at radius 3 is 2.24 bits per heavy atom. The van der Waals surface area contributed by atoms with Crippen LogP contribution in [-0.4, -0.2) is 0 Å². The summed E-state index contributed by atoms with van der Waals surface area (Å²) in [6.45, 7) is 4.33. The van der Waals surface area contributed by atoms with Gasteiger partial charge >= 0.3 is 0 Å². The summed E-state index contributed by atoms with van der Waals surface area (Å²) in [6, 6.07) is 10.5. The molecule has 2 aliphatic carbocycles. The van der Waals surface area contributed by atoms with Crippen LogP contribution in [0.5, 0.6) is 0 Å². The first-order chi connectivity index (χ1) is 14.2. The van der Waals surface area contributed by atoms with E-state index in [2.05, 4.69) is 50.3 Å². The SMILES string of the molecule is C/C=C/C1CCC(C2CCC(c3ccc4cc(CCC)ccc4c3F)CC2)CC1. The van der Waals surface area contributed by atoms with E-state index in [0.717, 1.165) is 59.8 Å². The highest BCUT2D eigenvalue weighted by molar-refractivity contribution is 5.84. The zero-order chi connectivity index (χ0) is 20.2. The van der Waals surface area contributed by atoms with Crippen molar-refractivity contribution in [3.8, 4) is 0 Å². The topological polar surface area (TPSA) is 0 Å². The molecule has 4 rings (SSSR count). The predicted molar refractivity (Wildman–Crippen MR) is 123 cm³/mol. The Hall–Kier alpha value is -1.63. The molecule has 2 aromatic rings. The Balaban J connectivity index is 1.40. The Labute approximate surface area is 176 Å². The van der Waals surface area contributed by atoms with Crippen LogP contribution in [0.3, 0.4) is 0 Å². The van der Waals surface area contributed by atoms with Crippen molar-refractivity contribution in [1.82, 2.24) is 0 Å². The summed E-state index contributed by atoms with van der Waals surface area (Å²) in [7, 11) is 0. The molecule has 0 aliphatic heterocycles. The lowest BCUT2D eigenvalue weighted by Crippen LogP contribution is -2.25. The van der Waals surface area contributed by atoms with Crippen molar-refractivity contribution in [2.45, 2.75) is 84.0 Å². The Morgan fingerprint density at radius 1 is 0.897 bits per heavy atom. The lowest BCUT2D eigenvalue weighted by molar-refractivity contribution is 0.171. The third-order valence-electron chi connectivity index (χ3n) is 7.75. The average molecular weight is 393 g/mol. The van der Waals surface area contributed by atoms with Crippen LogP contribution in [0.2, 0.25) is 0 Å². The summed E-state index contributed by atoms with van der Waals surface area (Å²) in [6.07, 6.45) is 17.3. The molecule has 2 fully saturated rings. The highest BCUT2D eigenvalue weighted by Gasteiger charge is 2.31. The summed E-state index contributed by atoms with van der Waals surface area (Å²) in [5.41, 5.74) is 2.28. The van der Waals surface area contributed by atoms with Gasteiger partial charge in [0.1, 0.15) is 5.82 Å². The van der Waals surface area contributed by atoms with Gasteiger partial charge in [-0.3, -0.25) is 0 Å². The van der Waals surface area contributed by atoms with E-state index in [9.17, 15) is 0 Å². The molecule has 0 saturated heterocycles. The lowest BCUT2D eigenvalue weighted by Gasteiger charge is -2.37. The fourth-order valence-corrected chi connectivity index (χ4v) is 6.10. The smallest absolute Gasteiger partial charge is 0.134 e. The number of hydrogen-bond donors (Lipinski definition) is 0. The largest absolute Gasteiger partial charge is 0.206 e. The van der Waals surface area contributed by atoms with Gasteiger partial charge in [-0.05, 0) is 105 Å². The fraction of sp³-hybridized carbons (Fsp3) is 0.571. The van der Waals surface area contributed by atoms with E-state index in [1.54, 1.807) is 0 Å². The van der Waals surface area contributed by atoms with Crippen molar-refractivity contribution in [3.63, 3.8) is 0 Å². The highest BCUT2D eigenvalue weighted by Crippen LogP contribution is 2.45. The van der Waals surface area contributed by atoms with Crippen LogP contribution >= 0.6 is 0 Å². The van der Waals surface area contributed by atoms with Gasteiger partial charge in [0.05, 0.1) is 0 Å². The molecule has 0 radical (unpaired) electrons. The second kappa shape index (κ2) is 9.45. The first-order valence-corrected chi connectivity index (χ1v) is 12.0. The van der Waals surface area contributed by atoms with Crippen LogP contribution in [0, 0.1) is 23.6 Å². The number of rotatable bonds is 5. The second-order valence-corrected chi connectivity index (χ2v) is 9.59. The van der Waals surface area contributed by atoms with Gasteiger partial charge in [-0.25, -0.2) is 4.39 Å². The minimum Gasteiger partial charge on any atom is -0.206 e. The average Bonchev–Trinajstić information content (AvgIpc) is 2.75. The molecule has 29 heavy (non-hydrogen) atoms. The van der Waals surface area contributed by atoms with Gasteiger partial charge in [0.15, 0.2) is 0 Å². The van der Waals surface area contributed by atoms with Gasteiger partial charge in [-0.1, -0.05) is 55.8 Å². The monoisotopic (exact) mass is 392 g/mol. The molecule has 0 heterocycles. The molecule has 156 valence electrons. The summed E-state index contributed by atoms with van der Waals surface area (Å²) in [5.74, 6) is 3.05. The van der Waals surface area contributed by atoms with E-state index in [0.29, 0.717) is 5.92 Å². The van der Waals surface area contributed by atoms with Gasteiger partial charge in [0, 0.05) is 5.39 Å². The second-order valence-electron chi connectivity index (χ2n) is 9.59. The van der Waals surface area contributed by atoms with Crippen molar-refractivity contribution in [2.24, 2.45) is 17.8 Å². The van der Waals surface area contributed by atoms with Crippen molar-refractivity contribution in [1.29, 1.82) is 0 Å². The fourth-order valence-electron chi connectivity index (χ4n) is 6.10. The molecule has 0 atom stereocenters. The van der Waals surface area contributed by atoms with Crippen LogP contribution in [-0.2, 0) is 6.42 Å². The predicted octanol–water partition coefficient (Wildman–Crippen LogP) is 8.59. The van der Waals surface area contributed by atoms with Gasteiger partial charge in [0.2, 0.25) is 0 Å². The van der Waals surface area contributed by atoms with E-state index >= 15 is 4.39 Å². The van der Waals surface area contributed by atoms with E-state index < -0.39 is 0 Å². The third-order valence-corrected chi connectivity index (χ3v) is 7.75. The van der Waals surface area contributed by atoms with Gasteiger partial charge in [0.25, 0.3) is 0 Å². The molecule has 2 saturated carbocycles. The Morgan fingerprint density at radius 2 is 1.59 bits per heavy atom. The Kier molecular flexibility index (Phi) is 6.73. The zero-order valence-corrected chi connectivity index (χ0v) is 18.3. The van der Waals surface area contributed by atoms with E-state index in [-0.39, 0.29) is 5.82 Å². The number of halogens is 1. The maximum absolute atomic E-state index is 15.3. The van der Waals surface area contributed by atoms with Crippen molar-refractivity contribution in [3.05, 3.63) is 59.4 Å². The summed E-state index contributed by atoms with van der Waals surface area (Å²) >= 11 is 0. The van der Waals surface area contributed by atoms with Crippen LogP contribution in [0.4, 0.5) is 4.39 Å². The summed E-state index contributed by atoms with van der Waals surface area (Å²) in [5, 5.41) is 1.87. The molecule has 0 unspecified atom stereocenters. The Bertz CT molecular complexity index is 833.